The molecule has 0 saturated heterocycles. The predicted molar refractivity (Wildman–Crippen MR) is 81.2 cm³/mol. The van der Waals surface area contributed by atoms with Crippen LogP contribution in [-0.2, 0) is 5.75 Å². The van der Waals surface area contributed by atoms with Gasteiger partial charge in [-0.1, -0.05) is 47.5 Å². The van der Waals surface area contributed by atoms with Crippen LogP contribution in [0.4, 0.5) is 5.13 Å². The monoisotopic (exact) mass is 310 g/mol. The van der Waals surface area contributed by atoms with Gasteiger partial charge in [0.1, 0.15) is 5.76 Å². The molecule has 0 spiro atoms. The predicted octanol–water partition coefficient (Wildman–Crippen LogP) is 3.87. The van der Waals surface area contributed by atoms with E-state index in [1.807, 2.05) is 13.0 Å². The Kier molecular flexibility index (Phi) is 4.57. The third kappa shape index (κ3) is 3.73. The number of rotatable bonds is 5. The van der Waals surface area contributed by atoms with Crippen LogP contribution in [0, 0.1) is 6.92 Å². The van der Waals surface area contributed by atoms with Crippen LogP contribution in [0.25, 0.3) is 0 Å². The van der Waals surface area contributed by atoms with Crippen molar-refractivity contribution in [2.45, 2.75) is 55.2 Å². The van der Waals surface area contributed by atoms with E-state index in [-0.39, 0.29) is 0 Å². The van der Waals surface area contributed by atoms with Crippen molar-refractivity contribution in [3.63, 3.8) is 0 Å². The van der Waals surface area contributed by atoms with E-state index in [4.69, 9.17) is 4.52 Å². The van der Waals surface area contributed by atoms with Gasteiger partial charge in [-0.3, -0.25) is 0 Å². The second kappa shape index (κ2) is 6.58. The first-order chi connectivity index (χ1) is 9.79. The van der Waals surface area contributed by atoms with Crippen LogP contribution in [-0.4, -0.2) is 21.4 Å². The number of aromatic nitrogens is 3. The van der Waals surface area contributed by atoms with Crippen LogP contribution in [0.15, 0.2) is 14.9 Å². The summed E-state index contributed by atoms with van der Waals surface area (Å²) >= 11 is 3.28. The molecule has 20 heavy (non-hydrogen) atoms. The van der Waals surface area contributed by atoms with Crippen molar-refractivity contribution in [1.29, 1.82) is 0 Å². The molecule has 1 N–H and O–H groups in total. The van der Waals surface area contributed by atoms with Gasteiger partial charge in [0.25, 0.3) is 0 Å². The molecule has 1 aliphatic carbocycles. The molecule has 0 radical (unpaired) electrons. The second-order valence-corrected chi connectivity index (χ2v) is 7.27. The minimum Gasteiger partial charge on any atom is -0.361 e. The molecule has 0 unspecified atom stereocenters. The fourth-order valence-electron chi connectivity index (χ4n) is 2.37. The highest BCUT2D eigenvalue weighted by Crippen LogP contribution is 2.30. The molecule has 5 nitrogen and oxygen atoms in total. The summed E-state index contributed by atoms with van der Waals surface area (Å²) < 4.78 is 6.03. The first-order valence-corrected chi connectivity index (χ1v) is 8.75. The molecule has 0 aromatic carbocycles. The van der Waals surface area contributed by atoms with Crippen molar-refractivity contribution in [2.75, 3.05) is 5.32 Å². The van der Waals surface area contributed by atoms with Crippen LogP contribution < -0.4 is 5.32 Å². The normalized spacial score (nSPS) is 16.4. The zero-order valence-electron chi connectivity index (χ0n) is 11.5. The van der Waals surface area contributed by atoms with Gasteiger partial charge in [-0.25, -0.2) is 0 Å². The third-order valence-corrected chi connectivity index (χ3v) is 5.38. The molecular formula is C13H18N4OS2. The van der Waals surface area contributed by atoms with E-state index in [0.717, 1.165) is 26.7 Å². The molecular weight excluding hydrogens is 292 g/mol. The Morgan fingerprint density at radius 1 is 1.35 bits per heavy atom. The Bertz CT molecular complexity index is 548. The SMILES string of the molecule is Cc1cc(CSc2nnc(NC3CCCCC3)s2)no1. The maximum absolute atomic E-state index is 5.05. The standard InChI is InChI=1S/C13H18N4OS2/c1-9-7-11(17-18-9)8-19-13-16-15-12(20-13)14-10-5-3-2-4-6-10/h7,10H,2-6,8H2,1H3,(H,14,15). The van der Waals surface area contributed by atoms with Gasteiger partial charge in [0.2, 0.25) is 5.13 Å². The van der Waals surface area contributed by atoms with E-state index in [1.165, 1.54) is 32.1 Å². The lowest BCUT2D eigenvalue weighted by Crippen LogP contribution is -2.21. The van der Waals surface area contributed by atoms with Crippen LogP contribution in [0.1, 0.15) is 43.6 Å². The van der Waals surface area contributed by atoms with Gasteiger partial charge in [-0.2, -0.15) is 0 Å². The van der Waals surface area contributed by atoms with Crippen LogP contribution >= 0.6 is 23.1 Å². The van der Waals surface area contributed by atoms with E-state index in [1.54, 1.807) is 23.1 Å². The van der Waals surface area contributed by atoms with E-state index in [2.05, 4.69) is 20.7 Å². The summed E-state index contributed by atoms with van der Waals surface area (Å²) in [6.07, 6.45) is 6.51. The van der Waals surface area contributed by atoms with Gasteiger partial charge in [0.05, 0.1) is 5.69 Å². The van der Waals surface area contributed by atoms with Crippen LogP contribution in [0.3, 0.4) is 0 Å². The highest BCUT2D eigenvalue weighted by Gasteiger charge is 2.15. The van der Waals surface area contributed by atoms with Crippen LogP contribution in [0.5, 0.6) is 0 Å². The molecule has 0 bridgehead atoms. The van der Waals surface area contributed by atoms with Crippen molar-refractivity contribution in [1.82, 2.24) is 15.4 Å². The van der Waals surface area contributed by atoms with E-state index >= 15 is 0 Å². The molecule has 3 rings (SSSR count). The van der Waals surface area contributed by atoms with Crippen molar-refractivity contribution in [3.05, 3.63) is 17.5 Å². The van der Waals surface area contributed by atoms with Gasteiger partial charge >= 0.3 is 0 Å². The Morgan fingerprint density at radius 3 is 2.95 bits per heavy atom. The number of nitrogens with zero attached hydrogens (tertiary/aromatic N) is 3. The van der Waals surface area contributed by atoms with E-state index in [0.29, 0.717) is 6.04 Å². The fourth-order valence-corrected chi connectivity index (χ4v) is 4.08. The van der Waals surface area contributed by atoms with Gasteiger partial charge < -0.3 is 9.84 Å². The zero-order valence-corrected chi connectivity index (χ0v) is 13.1. The number of hydrogen-bond donors (Lipinski definition) is 1. The smallest absolute Gasteiger partial charge is 0.206 e. The Hall–Kier alpha value is -1.08. The van der Waals surface area contributed by atoms with Crippen molar-refractivity contribution < 1.29 is 4.52 Å². The second-order valence-electron chi connectivity index (χ2n) is 5.07. The van der Waals surface area contributed by atoms with Crippen molar-refractivity contribution in [2.24, 2.45) is 0 Å². The van der Waals surface area contributed by atoms with Crippen LogP contribution in [0.2, 0.25) is 0 Å². The molecule has 1 aliphatic rings. The Morgan fingerprint density at radius 2 is 2.20 bits per heavy atom. The molecule has 1 fully saturated rings. The topological polar surface area (TPSA) is 63.8 Å². The molecule has 7 heteroatoms. The lowest BCUT2D eigenvalue weighted by Gasteiger charge is -2.21. The van der Waals surface area contributed by atoms with Gasteiger partial charge in [-0.15, -0.1) is 10.2 Å². The quantitative estimate of drug-likeness (QED) is 0.846. The summed E-state index contributed by atoms with van der Waals surface area (Å²) in [5.74, 6) is 1.62. The highest BCUT2D eigenvalue weighted by atomic mass is 32.2. The largest absolute Gasteiger partial charge is 0.361 e. The van der Waals surface area contributed by atoms with Crippen molar-refractivity contribution >= 4 is 28.2 Å². The first kappa shape index (κ1) is 13.9. The van der Waals surface area contributed by atoms with Gasteiger partial charge in [0.15, 0.2) is 4.34 Å². The van der Waals surface area contributed by atoms with Crippen molar-refractivity contribution in [3.8, 4) is 0 Å². The maximum atomic E-state index is 5.05. The summed E-state index contributed by atoms with van der Waals surface area (Å²) in [5.41, 5.74) is 0.949. The Labute approximate surface area is 126 Å². The first-order valence-electron chi connectivity index (χ1n) is 6.94. The average Bonchev–Trinajstić information content (AvgIpc) is 3.07. The minimum absolute atomic E-state index is 0.577. The molecule has 2 heterocycles. The molecule has 0 amide bonds. The number of anilines is 1. The summed E-state index contributed by atoms with van der Waals surface area (Å²) in [4.78, 5) is 0. The van der Waals surface area contributed by atoms with E-state index < -0.39 is 0 Å². The lowest BCUT2D eigenvalue weighted by atomic mass is 9.96. The number of aryl methyl sites for hydroxylation is 1. The Balaban J connectivity index is 1.51. The third-order valence-electron chi connectivity index (χ3n) is 3.36. The molecule has 0 atom stereocenters. The molecule has 2 aromatic rings. The lowest BCUT2D eigenvalue weighted by molar-refractivity contribution is 0.393. The van der Waals surface area contributed by atoms with E-state index in [9.17, 15) is 0 Å². The number of hydrogen-bond acceptors (Lipinski definition) is 7. The van der Waals surface area contributed by atoms with Gasteiger partial charge in [-0.05, 0) is 19.8 Å². The minimum atomic E-state index is 0.577. The maximum Gasteiger partial charge on any atom is 0.206 e. The number of nitrogens with one attached hydrogen (secondary N) is 1. The molecule has 1 saturated carbocycles. The number of thioether (sulfide) groups is 1. The van der Waals surface area contributed by atoms with Gasteiger partial charge in [0, 0.05) is 17.9 Å². The molecule has 0 aliphatic heterocycles. The zero-order chi connectivity index (χ0) is 13.8. The molecule has 108 valence electrons. The summed E-state index contributed by atoms with van der Waals surface area (Å²) in [6.45, 7) is 1.90. The average molecular weight is 310 g/mol. The highest BCUT2D eigenvalue weighted by molar-refractivity contribution is 8.00. The molecule has 2 aromatic heterocycles. The fraction of sp³-hybridized carbons (Fsp3) is 0.615. The summed E-state index contributed by atoms with van der Waals surface area (Å²) in [7, 11) is 0. The summed E-state index contributed by atoms with van der Waals surface area (Å²) in [6, 6.07) is 2.53. The summed E-state index contributed by atoms with van der Waals surface area (Å²) in [5, 5.41) is 16.9.